The minimum atomic E-state index is -1.79. The zero-order valence-electron chi connectivity index (χ0n) is 40.0. The summed E-state index contributed by atoms with van der Waals surface area (Å²) in [6.07, 6.45) is -15.4. The van der Waals surface area contributed by atoms with Crippen molar-refractivity contribution in [1.29, 1.82) is 0 Å². The Hall–Kier alpha value is -0.980. The van der Waals surface area contributed by atoms with E-state index in [4.69, 9.17) is 28.4 Å². The van der Waals surface area contributed by atoms with E-state index in [2.05, 4.69) is 40.7 Å². The lowest BCUT2D eigenvalue weighted by Crippen LogP contribution is -2.68. The van der Waals surface area contributed by atoms with Crippen molar-refractivity contribution in [3.63, 3.8) is 0 Å². The predicted molar refractivity (Wildman–Crippen MR) is 234 cm³/mol. The lowest BCUT2D eigenvalue weighted by Gasteiger charge is -2.71. The summed E-state index contributed by atoms with van der Waals surface area (Å²) in [4.78, 5) is 0. The molecule has 0 spiro atoms. The number of hydrogen-bond donors (Lipinski definition) is 12. The summed E-state index contributed by atoms with van der Waals surface area (Å²) >= 11 is 0. The van der Waals surface area contributed by atoms with Gasteiger partial charge in [0.2, 0.25) is 0 Å². The smallest absolute Gasteiger partial charge is 0.187 e. The molecule has 0 aromatic heterocycles. The monoisotopic (exact) mass is 947 g/mol. The van der Waals surface area contributed by atoms with Gasteiger partial charge in [0.15, 0.2) is 18.9 Å². The highest BCUT2D eigenvalue weighted by Gasteiger charge is 2.72. The van der Waals surface area contributed by atoms with Crippen molar-refractivity contribution in [1.82, 2.24) is 0 Å². The number of aliphatic hydroxyl groups is 12. The minimum Gasteiger partial charge on any atom is -0.394 e. The maximum atomic E-state index is 12.7. The summed E-state index contributed by atoms with van der Waals surface area (Å²) in [7, 11) is 0. The highest BCUT2D eigenvalue weighted by molar-refractivity contribution is 5.20. The van der Waals surface area contributed by atoms with Gasteiger partial charge in [-0.05, 0) is 124 Å². The Morgan fingerprint density at radius 1 is 0.606 bits per heavy atom. The fourth-order valence-electron chi connectivity index (χ4n) is 14.9. The van der Waals surface area contributed by atoms with Crippen LogP contribution in [0.4, 0.5) is 0 Å². The summed E-state index contributed by atoms with van der Waals surface area (Å²) < 4.78 is 37.2. The molecule has 0 amide bonds. The van der Waals surface area contributed by atoms with E-state index in [9.17, 15) is 61.3 Å². The summed E-state index contributed by atoms with van der Waals surface area (Å²) in [5.41, 5.74) is -1.12. The van der Waals surface area contributed by atoms with Gasteiger partial charge in [0.1, 0.15) is 73.2 Å². The van der Waals surface area contributed by atoms with Crippen molar-refractivity contribution in [3.05, 3.63) is 11.6 Å². The zero-order valence-corrected chi connectivity index (χ0v) is 40.0. The Morgan fingerprint density at radius 3 is 1.71 bits per heavy atom. The van der Waals surface area contributed by atoms with Crippen molar-refractivity contribution in [2.24, 2.45) is 45.3 Å². The molecule has 0 aromatic carbocycles. The van der Waals surface area contributed by atoms with E-state index in [1.54, 1.807) is 0 Å². The van der Waals surface area contributed by atoms with Gasteiger partial charge in [0.25, 0.3) is 0 Å². The van der Waals surface area contributed by atoms with Crippen molar-refractivity contribution in [2.75, 3.05) is 19.8 Å². The van der Waals surface area contributed by atoms with Crippen LogP contribution in [0.15, 0.2) is 11.6 Å². The molecule has 382 valence electrons. The third-order valence-electron chi connectivity index (χ3n) is 18.8. The van der Waals surface area contributed by atoms with Crippen LogP contribution in [0.2, 0.25) is 0 Å². The Kier molecular flexibility index (Phi) is 15.7. The molecule has 3 aliphatic heterocycles. The van der Waals surface area contributed by atoms with E-state index in [1.165, 1.54) is 0 Å². The molecule has 3 heterocycles. The highest BCUT2D eigenvalue weighted by Crippen LogP contribution is 2.76. The second kappa shape index (κ2) is 19.6. The summed E-state index contributed by atoms with van der Waals surface area (Å²) in [6, 6.07) is 0. The van der Waals surface area contributed by atoms with Crippen molar-refractivity contribution < 1.29 is 89.7 Å². The summed E-state index contributed by atoms with van der Waals surface area (Å²) in [6.45, 7) is 15.5. The molecule has 12 N–H and O–H groups in total. The van der Waals surface area contributed by atoms with Gasteiger partial charge < -0.3 is 89.7 Å². The average Bonchev–Trinajstić information content (AvgIpc) is 3.65. The van der Waals surface area contributed by atoms with E-state index >= 15 is 0 Å². The first-order valence-electron chi connectivity index (χ1n) is 24.4. The molecule has 25 atom stereocenters. The van der Waals surface area contributed by atoms with E-state index in [0.29, 0.717) is 25.7 Å². The van der Waals surface area contributed by atoms with Gasteiger partial charge in [-0.3, -0.25) is 0 Å². The first-order valence-corrected chi connectivity index (χ1v) is 24.4. The Labute approximate surface area is 388 Å². The maximum Gasteiger partial charge on any atom is 0.187 e. The summed E-state index contributed by atoms with van der Waals surface area (Å²) in [5, 5.41) is 129. The number of rotatable bonds is 13. The Balaban J connectivity index is 1.13. The Morgan fingerprint density at radius 2 is 1.14 bits per heavy atom. The molecule has 18 heteroatoms. The molecule has 18 nitrogen and oxygen atoms in total. The van der Waals surface area contributed by atoms with Crippen LogP contribution in [0.5, 0.6) is 0 Å². The maximum absolute atomic E-state index is 12.7. The molecule has 4 saturated carbocycles. The van der Waals surface area contributed by atoms with Crippen LogP contribution in [0.3, 0.4) is 0 Å². The minimum absolute atomic E-state index is 0.0905. The van der Waals surface area contributed by atoms with Gasteiger partial charge in [0, 0.05) is 0 Å². The second-order valence-electron chi connectivity index (χ2n) is 22.9. The Bertz CT molecular complexity index is 1680. The third kappa shape index (κ3) is 8.79. The lowest BCUT2D eigenvalue weighted by atomic mass is 9.35. The number of aliphatic hydroxyl groups excluding tert-OH is 12. The van der Waals surface area contributed by atoms with Crippen molar-refractivity contribution in [2.45, 2.75) is 223 Å². The molecule has 0 aromatic rings. The van der Waals surface area contributed by atoms with E-state index in [0.717, 1.165) is 37.7 Å². The molecule has 7 aliphatic rings. The van der Waals surface area contributed by atoms with E-state index in [-0.39, 0.29) is 39.9 Å². The lowest BCUT2D eigenvalue weighted by molar-refractivity contribution is -0.378. The molecule has 4 aliphatic carbocycles. The van der Waals surface area contributed by atoms with Crippen LogP contribution in [0, 0.1) is 45.3 Å². The molecular formula is C48H82O18. The van der Waals surface area contributed by atoms with Crippen LogP contribution in [-0.4, -0.2) is 191 Å². The normalized spacial score (nSPS) is 52.4. The van der Waals surface area contributed by atoms with E-state index in [1.807, 2.05) is 20.8 Å². The molecular weight excluding hydrogens is 865 g/mol. The predicted octanol–water partition coefficient (Wildman–Crippen LogP) is -0.0268. The van der Waals surface area contributed by atoms with Gasteiger partial charge in [-0.25, -0.2) is 0 Å². The highest BCUT2D eigenvalue weighted by atomic mass is 16.8. The number of fused-ring (bicyclic) bond motifs is 5. The van der Waals surface area contributed by atoms with Gasteiger partial charge in [-0.15, -0.1) is 0 Å². The first-order chi connectivity index (χ1) is 30.8. The third-order valence-corrected chi connectivity index (χ3v) is 18.8. The van der Waals surface area contributed by atoms with Gasteiger partial charge in [-0.1, -0.05) is 46.3 Å². The number of ether oxygens (including phenoxy) is 6. The fraction of sp³-hybridized carbons (Fsp3) is 0.958. The van der Waals surface area contributed by atoms with Crippen LogP contribution in [-0.2, 0) is 28.4 Å². The first kappa shape index (κ1) is 52.8. The van der Waals surface area contributed by atoms with Crippen LogP contribution in [0.25, 0.3) is 0 Å². The number of hydrogen-bond acceptors (Lipinski definition) is 18. The van der Waals surface area contributed by atoms with Gasteiger partial charge >= 0.3 is 0 Å². The van der Waals surface area contributed by atoms with Crippen LogP contribution in [0.1, 0.15) is 113 Å². The molecule has 0 bridgehead atoms. The summed E-state index contributed by atoms with van der Waals surface area (Å²) in [5.74, 6) is -0.151. The molecule has 66 heavy (non-hydrogen) atoms. The molecule has 3 saturated heterocycles. The second-order valence-corrected chi connectivity index (χ2v) is 22.9. The number of allylic oxidation sites excluding steroid dienone is 2. The van der Waals surface area contributed by atoms with E-state index < -0.39 is 135 Å². The largest absolute Gasteiger partial charge is 0.394 e. The average molecular weight is 947 g/mol. The van der Waals surface area contributed by atoms with Crippen LogP contribution >= 0.6 is 0 Å². The van der Waals surface area contributed by atoms with Crippen molar-refractivity contribution in [3.8, 4) is 0 Å². The van der Waals surface area contributed by atoms with Crippen LogP contribution < -0.4 is 0 Å². The van der Waals surface area contributed by atoms with Gasteiger partial charge in [-0.2, -0.15) is 0 Å². The van der Waals surface area contributed by atoms with Crippen molar-refractivity contribution >= 4 is 0 Å². The fourth-order valence-corrected chi connectivity index (χ4v) is 14.9. The molecule has 7 rings (SSSR count). The molecule has 0 unspecified atom stereocenters. The topological polar surface area (TPSA) is 298 Å². The molecule has 7 fully saturated rings. The standard InChI is InChI=1S/C48H82O18/c1-22(2)10-9-14-48(8,66-42-39(60)36(57)33(54)26(20-50)62-42)23-11-16-47(7)31(23)24(52)18-29-45(5)15-13-30(44(3,4)28(45)12-17-46(29,47)6)64-43-40(37(58)34(55)27(21-51)63-43)65-41-38(59)35(56)32(53)25(19-49)61-41/h10,23-43,49-60H,9,11-21H2,1-8H3/t23-,24-,25-,26-,27-,28-,29-,30+,31+,32-,33-,34-,35+,36+,37+,38-,39-,40-,41+,42+,43+,45-,46-,47-,48+/m1/s1. The molecule has 0 radical (unpaired) electrons. The zero-order chi connectivity index (χ0) is 48.6. The quantitative estimate of drug-likeness (QED) is 0.0853. The SMILES string of the molecule is CC(C)=CCC[C@](C)(O[C@@H]1O[C@H](CO)[C@@H](O)[C@H](O)[C@H]1O)[C@@H]1CC[C@]2(C)[C@@H]1[C@H](O)C[C@@H]1[C@]3(C)CC[C@H](O[C@@H]4O[C@H](CO)[C@@H](O)[C@H](O)[C@H]4O[C@@H]4O[C@H](CO)[C@@H](O)[C@H](O)[C@H]4O)C(C)(C)[C@H]3CC[C@]12C. The van der Waals surface area contributed by atoms with Gasteiger partial charge in [0.05, 0.1) is 37.6 Å².